The minimum absolute atomic E-state index is 0.0548. The Balaban J connectivity index is 2.31. The molecule has 0 fully saturated rings. The van der Waals surface area contributed by atoms with Crippen molar-refractivity contribution in [2.45, 2.75) is 25.9 Å². The lowest BCUT2D eigenvalue weighted by molar-refractivity contribution is 0.733. The second kappa shape index (κ2) is 5.55. The zero-order chi connectivity index (χ0) is 13.1. The van der Waals surface area contributed by atoms with Gasteiger partial charge in [-0.1, -0.05) is 24.3 Å². The number of rotatable bonds is 4. The van der Waals surface area contributed by atoms with E-state index in [1.165, 1.54) is 16.1 Å². The first kappa shape index (κ1) is 13.1. The van der Waals surface area contributed by atoms with Gasteiger partial charge in [0, 0.05) is 23.7 Å². The summed E-state index contributed by atoms with van der Waals surface area (Å²) in [4.78, 5) is 3.67. The summed E-state index contributed by atoms with van der Waals surface area (Å²) >= 11 is 1.80. The monoisotopic (exact) mass is 260 g/mol. The predicted octanol–water partition coefficient (Wildman–Crippen LogP) is 3.97. The third-order valence-electron chi connectivity index (χ3n) is 3.34. The number of thiophene rings is 1. The highest BCUT2D eigenvalue weighted by atomic mass is 32.1. The molecule has 0 aliphatic carbocycles. The minimum atomic E-state index is 0.0548. The molecule has 1 heterocycles. The number of nitrogens with two attached hydrogens (primary N) is 1. The van der Waals surface area contributed by atoms with Gasteiger partial charge in [0.15, 0.2) is 0 Å². The van der Waals surface area contributed by atoms with Crippen molar-refractivity contribution in [2.24, 2.45) is 5.73 Å². The molecule has 2 nitrogen and oxygen atoms in total. The number of nitrogens with zero attached hydrogens (tertiary/aromatic N) is 1. The molecule has 96 valence electrons. The van der Waals surface area contributed by atoms with Crippen LogP contribution in [0.15, 0.2) is 41.8 Å². The van der Waals surface area contributed by atoms with E-state index in [2.05, 4.69) is 54.6 Å². The zero-order valence-corrected chi connectivity index (χ0v) is 11.9. The second-order valence-electron chi connectivity index (χ2n) is 4.65. The van der Waals surface area contributed by atoms with E-state index in [0.29, 0.717) is 6.04 Å². The lowest BCUT2D eigenvalue weighted by Crippen LogP contribution is -2.23. The van der Waals surface area contributed by atoms with E-state index >= 15 is 0 Å². The molecule has 0 spiro atoms. The third-order valence-corrected chi connectivity index (χ3v) is 4.39. The Morgan fingerprint density at radius 3 is 2.44 bits per heavy atom. The molecule has 2 unspecified atom stereocenters. The molecule has 0 saturated heterocycles. The molecule has 18 heavy (non-hydrogen) atoms. The first-order valence-electron chi connectivity index (χ1n) is 6.22. The van der Waals surface area contributed by atoms with Crippen LogP contribution in [0.25, 0.3) is 0 Å². The third kappa shape index (κ3) is 2.57. The smallest absolute Gasteiger partial charge is 0.0603 e. The van der Waals surface area contributed by atoms with Crippen molar-refractivity contribution in [1.82, 2.24) is 0 Å². The summed E-state index contributed by atoms with van der Waals surface area (Å²) in [7, 11) is 2.13. The van der Waals surface area contributed by atoms with Gasteiger partial charge in [-0.05, 0) is 36.9 Å². The maximum atomic E-state index is 6.05. The highest BCUT2D eigenvalue weighted by Gasteiger charge is 2.16. The largest absolute Gasteiger partial charge is 0.367 e. The maximum Gasteiger partial charge on any atom is 0.0603 e. The number of benzene rings is 1. The van der Waals surface area contributed by atoms with Crippen LogP contribution in [0.4, 0.5) is 5.69 Å². The van der Waals surface area contributed by atoms with Crippen molar-refractivity contribution in [1.29, 1.82) is 0 Å². The standard InChI is InChI=1S/C15H20N2S/c1-11(16)13-7-4-5-8-14(13)17(3)12(2)15-9-6-10-18-15/h4-12H,16H2,1-3H3. The van der Waals surface area contributed by atoms with Crippen LogP contribution < -0.4 is 10.6 Å². The minimum Gasteiger partial charge on any atom is -0.367 e. The number of hydrogen-bond acceptors (Lipinski definition) is 3. The van der Waals surface area contributed by atoms with E-state index in [1.807, 2.05) is 13.0 Å². The summed E-state index contributed by atoms with van der Waals surface area (Å²) in [5.74, 6) is 0. The fourth-order valence-corrected chi connectivity index (χ4v) is 2.95. The Morgan fingerprint density at radius 2 is 1.83 bits per heavy atom. The van der Waals surface area contributed by atoms with E-state index in [4.69, 9.17) is 5.73 Å². The molecule has 0 aliphatic heterocycles. The van der Waals surface area contributed by atoms with Crippen LogP contribution in [0.3, 0.4) is 0 Å². The Morgan fingerprint density at radius 1 is 1.11 bits per heavy atom. The number of anilines is 1. The van der Waals surface area contributed by atoms with Gasteiger partial charge in [0.25, 0.3) is 0 Å². The molecule has 0 bridgehead atoms. The lowest BCUT2D eigenvalue weighted by Gasteiger charge is -2.29. The highest BCUT2D eigenvalue weighted by Crippen LogP contribution is 2.32. The van der Waals surface area contributed by atoms with E-state index in [1.54, 1.807) is 11.3 Å². The molecule has 0 saturated carbocycles. The second-order valence-corrected chi connectivity index (χ2v) is 5.63. The topological polar surface area (TPSA) is 29.3 Å². The Kier molecular flexibility index (Phi) is 4.04. The normalized spacial score (nSPS) is 14.2. The molecule has 1 aromatic carbocycles. The first-order chi connectivity index (χ1) is 8.61. The molecule has 0 radical (unpaired) electrons. The van der Waals surface area contributed by atoms with Crippen molar-refractivity contribution in [3.05, 3.63) is 52.2 Å². The van der Waals surface area contributed by atoms with Crippen molar-refractivity contribution in [3.63, 3.8) is 0 Å². The summed E-state index contributed by atoms with van der Waals surface area (Å²) in [6, 6.07) is 13.1. The summed E-state index contributed by atoms with van der Waals surface area (Å²) in [6.45, 7) is 4.26. The Hall–Kier alpha value is -1.32. The van der Waals surface area contributed by atoms with Gasteiger partial charge < -0.3 is 10.6 Å². The molecule has 3 heteroatoms. The molecule has 2 atom stereocenters. The fraction of sp³-hybridized carbons (Fsp3) is 0.333. The van der Waals surface area contributed by atoms with Gasteiger partial charge >= 0.3 is 0 Å². The van der Waals surface area contributed by atoms with E-state index < -0.39 is 0 Å². The van der Waals surface area contributed by atoms with Crippen molar-refractivity contribution in [2.75, 3.05) is 11.9 Å². The van der Waals surface area contributed by atoms with Gasteiger partial charge in [-0.3, -0.25) is 0 Å². The van der Waals surface area contributed by atoms with Gasteiger partial charge in [-0.2, -0.15) is 0 Å². The molecular weight excluding hydrogens is 240 g/mol. The summed E-state index contributed by atoms with van der Waals surface area (Å²) in [5.41, 5.74) is 8.46. The lowest BCUT2D eigenvalue weighted by atomic mass is 10.0. The van der Waals surface area contributed by atoms with Gasteiger partial charge in [0.05, 0.1) is 6.04 Å². The van der Waals surface area contributed by atoms with Crippen LogP contribution in [0.5, 0.6) is 0 Å². The molecular formula is C15H20N2S. The quantitative estimate of drug-likeness (QED) is 0.901. The van der Waals surface area contributed by atoms with Gasteiger partial charge in [-0.25, -0.2) is 0 Å². The maximum absolute atomic E-state index is 6.05. The predicted molar refractivity (Wildman–Crippen MR) is 80.2 cm³/mol. The van der Waals surface area contributed by atoms with Crippen molar-refractivity contribution in [3.8, 4) is 0 Å². The average molecular weight is 260 g/mol. The SMILES string of the molecule is CC(N)c1ccccc1N(C)C(C)c1cccs1. The zero-order valence-electron chi connectivity index (χ0n) is 11.1. The van der Waals surface area contributed by atoms with Gasteiger partial charge in [0.2, 0.25) is 0 Å². The Labute approximate surface area is 113 Å². The van der Waals surface area contributed by atoms with Gasteiger partial charge in [0.1, 0.15) is 0 Å². The summed E-state index contributed by atoms with van der Waals surface area (Å²) in [6.07, 6.45) is 0. The average Bonchev–Trinajstić information content (AvgIpc) is 2.90. The summed E-state index contributed by atoms with van der Waals surface area (Å²) < 4.78 is 0. The van der Waals surface area contributed by atoms with E-state index in [-0.39, 0.29) is 6.04 Å². The number of hydrogen-bond donors (Lipinski definition) is 1. The van der Waals surface area contributed by atoms with Crippen molar-refractivity contribution < 1.29 is 0 Å². The van der Waals surface area contributed by atoms with Gasteiger partial charge in [-0.15, -0.1) is 11.3 Å². The van der Waals surface area contributed by atoms with Crippen LogP contribution in [0, 0.1) is 0 Å². The van der Waals surface area contributed by atoms with Crippen molar-refractivity contribution >= 4 is 17.0 Å². The van der Waals surface area contributed by atoms with Crippen LogP contribution in [0.2, 0.25) is 0 Å². The van der Waals surface area contributed by atoms with Crippen LogP contribution >= 0.6 is 11.3 Å². The van der Waals surface area contributed by atoms with Crippen LogP contribution in [-0.4, -0.2) is 7.05 Å². The molecule has 0 aliphatic rings. The molecule has 0 amide bonds. The van der Waals surface area contributed by atoms with E-state index in [0.717, 1.165) is 0 Å². The summed E-state index contributed by atoms with van der Waals surface area (Å²) in [5, 5.41) is 2.12. The molecule has 2 N–H and O–H groups in total. The fourth-order valence-electron chi connectivity index (χ4n) is 2.12. The molecule has 2 aromatic rings. The molecule has 2 rings (SSSR count). The molecule has 1 aromatic heterocycles. The number of para-hydroxylation sites is 1. The Bertz CT molecular complexity index is 491. The van der Waals surface area contributed by atoms with Crippen LogP contribution in [-0.2, 0) is 0 Å². The van der Waals surface area contributed by atoms with E-state index in [9.17, 15) is 0 Å². The van der Waals surface area contributed by atoms with Crippen LogP contribution in [0.1, 0.15) is 36.4 Å². The highest BCUT2D eigenvalue weighted by molar-refractivity contribution is 7.10. The first-order valence-corrected chi connectivity index (χ1v) is 7.10.